The van der Waals surface area contributed by atoms with Crippen LogP contribution in [0, 0.1) is 52.4 Å². The first-order valence-corrected chi connectivity index (χ1v) is 5.23. The Balaban J connectivity index is 2.68. The quantitative estimate of drug-likeness (QED) is 0.404. The molecular weight excluding hydrogens is 329 g/mol. The average Bonchev–Trinajstić information content (AvgIpc) is 2.48. The van der Waals surface area contributed by atoms with Crippen molar-refractivity contribution in [2.75, 3.05) is 0 Å². The number of halogens is 9. The van der Waals surface area contributed by atoms with Gasteiger partial charge in [0.15, 0.2) is 29.1 Å². The summed E-state index contributed by atoms with van der Waals surface area (Å²) in [5.41, 5.74) is -3.86. The van der Waals surface area contributed by atoms with Crippen LogP contribution in [0.1, 0.15) is 0 Å². The molecule has 0 radical (unpaired) electrons. The summed E-state index contributed by atoms with van der Waals surface area (Å²) in [6.07, 6.45) is 0. The van der Waals surface area contributed by atoms with E-state index in [1.165, 1.54) is 0 Å². The number of rotatable bonds is 2. The molecule has 0 aliphatic rings. The second-order valence-electron chi connectivity index (χ2n) is 3.85. The molecule has 2 aromatic carbocycles. The van der Waals surface area contributed by atoms with E-state index in [4.69, 9.17) is 0 Å². The summed E-state index contributed by atoms with van der Waals surface area (Å²) in [6.45, 7) is 0. The van der Waals surface area contributed by atoms with Gasteiger partial charge < -0.3 is 5.32 Å². The van der Waals surface area contributed by atoms with Crippen LogP contribution in [-0.2, 0) is 0 Å². The van der Waals surface area contributed by atoms with Crippen molar-refractivity contribution in [1.29, 1.82) is 0 Å². The molecule has 0 fully saturated rings. The standard InChI is InChI=1S/C12HF9N/c13-2-1-3(14)5(16)11(4(2)15)22-12-9(20)7(18)6(17)8(19)10(12)21/h1H/q-1. The van der Waals surface area contributed by atoms with Gasteiger partial charge in [0.25, 0.3) is 0 Å². The van der Waals surface area contributed by atoms with E-state index in [1.807, 2.05) is 0 Å². The molecule has 22 heavy (non-hydrogen) atoms. The van der Waals surface area contributed by atoms with E-state index in [-0.39, 0.29) is 6.07 Å². The summed E-state index contributed by atoms with van der Waals surface area (Å²) in [7, 11) is 0. The Labute approximate surface area is 116 Å². The lowest BCUT2D eigenvalue weighted by atomic mass is 10.2. The van der Waals surface area contributed by atoms with Crippen molar-refractivity contribution < 1.29 is 39.5 Å². The monoisotopic (exact) mass is 330 g/mol. The van der Waals surface area contributed by atoms with E-state index >= 15 is 0 Å². The highest BCUT2D eigenvalue weighted by molar-refractivity contribution is 5.68. The van der Waals surface area contributed by atoms with E-state index in [2.05, 4.69) is 5.32 Å². The van der Waals surface area contributed by atoms with Crippen molar-refractivity contribution in [2.24, 2.45) is 0 Å². The number of benzene rings is 2. The van der Waals surface area contributed by atoms with Crippen molar-refractivity contribution in [3.63, 3.8) is 0 Å². The fourth-order valence-electron chi connectivity index (χ4n) is 1.46. The van der Waals surface area contributed by atoms with Gasteiger partial charge in [0.05, 0.1) is 0 Å². The Hall–Kier alpha value is -2.39. The predicted molar refractivity (Wildman–Crippen MR) is 55.2 cm³/mol. The zero-order valence-electron chi connectivity index (χ0n) is 9.93. The van der Waals surface area contributed by atoms with Crippen molar-refractivity contribution in [2.45, 2.75) is 0 Å². The van der Waals surface area contributed by atoms with E-state index in [1.54, 1.807) is 0 Å². The lowest BCUT2D eigenvalue weighted by molar-refractivity contribution is 0.382. The second kappa shape index (κ2) is 5.43. The third-order valence-corrected chi connectivity index (χ3v) is 2.50. The summed E-state index contributed by atoms with van der Waals surface area (Å²) in [6, 6.07) is -0.220. The van der Waals surface area contributed by atoms with E-state index in [0.29, 0.717) is 0 Å². The molecule has 0 atom stereocenters. The van der Waals surface area contributed by atoms with E-state index < -0.39 is 63.7 Å². The van der Waals surface area contributed by atoms with Crippen LogP contribution < -0.4 is 0 Å². The van der Waals surface area contributed by atoms with Crippen LogP contribution in [0.3, 0.4) is 0 Å². The highest BCUT2D eigenvalue weighted by Gasteiger charge is 2.23. The Morgan fingerprint density at radius 3 is 1.18 bits per heavy atom. The summed E-state index contributed by atoms with van der Waals surface area (Å²) in [5, 5.41) is 2.50. The van der Waals surface area contributed by atoms with Gasteiger partial charge in [-0.05, 0) is 0 Å². The molecule has 0 N–H and O–H groups in total. The molecule has 0 bridgehead atoms. The van der Waals surface area contributed by atoms with Crippen LogP contribution in [-0.4, -0.2) is 0 Å². The van der Waals surface area contributed by atoms with Crippen LogP contribution >= 0.6 is 0 Å². The first-order valence-electron chi connectivity index (χ1n) is 5.23. The van der Waals surface area contributed by atoms with Crippen LogP contribution in [0.15, 0.2) is 6.07 Å². The molecule has 0 saturated carbocycles. The van der Waals surface area contributed by atoms with Crippen LogP contribution in [0.25, 0.3) is 5.32 Å². The average molecular weight is 330 g/mol. The molecule has 2 aromatic rings. The van der Waals surface area contributed by atoms with Crippen molar-refractivity contribution in [3.8, 4) is 0 Å². The fraction of sp³-hybridized carbons (Fsp3) is 0. The van der Waals surface area contributed by atoms with Gasteiger partial charge in [0.1, 0.15) is 23.3 Å². The van der Waals surface area contributed by atoms with Crippen LogP contribution in [0.2, 0.25) is 0 Å². The SMILES string of the molecule is Fc1cc(F)c(F)c([N-]c2c(F)c(F)c(F)c(F)c2F)c1F. The Morgan fingerprint density at radius 1 is 0.455 bits per heavy atom. The Morgan fingerprint density at radius 2 is 0.773 bits per heavy atom. The maximum absolute atomic E-state index is 13.3. The molecule has 0 unspecified atom stereocenters. The molecule has 118 valence electrons. The maximum Gasteiger partial charge on any atom is 0.200 e. The molecule has 1 nitrogen and oxygen atoms in total. The molecule has 0 heterocycles. The van der Waals surface area contributed by atoms with Gasteiger partial charge in [-0.1, -0.05) is 11.4 Å². The van der Waals surface area contributed by atoms with Gasteiger partial charge in [-0.15, -0.1) is 0 Å². The number of hydrogen-bond acceptors (Lipinski definition) is 0. The largest absolute Gasteiger partial charge is 0.648 e. The van der Waals surface area contributed by atoms with Gasteiger partial charge in [-0.2, -0.15) is 0 Å². The van der Waals surface area contributed by atoms with E-state index in [9.17, 15) is 39.5 Å². The molecular formula is C12HF9N-. The van der Waals surface area contributed by atoms with Crippen molar-refractivity contribution in [3.05, 3.63) is 63.7 Å². The van der Waals surface area contributed by atoms with Gasteiger partial charge in [0, 0.05) is 6.07 Å². The molecule has 0 spiro atoms. The molecule has 0 saturated heterocycles. The minimum Gasteiger partial charge on any atom is -0.648 e. The zero-order valence-corrected chi connectivity index (χ0v) is 9.93. The first-order chi connectivity index (χ1) is 10.2. The summed E-state index contributed by atoms with van der Waals surface area (Å²) >= 11 is 0. The minimum atomic E-state index is -2.53. The molecule has 10 heteroatoms. The maximum atomic E-state index is 13.3. The van der Waals surface area contributed by atoms with Gasteiger partial charge in [-0.25, -0.2) is 39.5 Å². The summed E-state index contributed by atoms with van der Waals surface area (Å²) in [4.78, 5) is 0. The normalized spacial score (nSPS) is 11.0. The highest BCUT2D eigenvalue weighted by atomic mass is 19.2. The third-order valence-electron chi connectivity index (χ3n) is 2.50. The lowest BCUT2D eigenvalue weighted by Gasteiger charge is -2.25. The molecule has 2 rings (SSSR count). The summed E-state index contributed by atoms with van der Waals surface area (Å²) in [5.74, 6) is -20.7. The predicted octanol–water partition coefficient (Wildman–Crippen LogP) is 5.28. The van der Waals surface area contributed by atoms with E-state index in [0.717, 1.165) is 0 Å². The fourth-order valence-corrected chi connectivity index (χ4v) is 1.46. The Bertz CT molecular complexity index is 717. The van der Waals surface area contributed by atoms with Gasteiger partial charge in [0.2, 0.25) is 0 Å². The third kappa shape index (κ3) is 2.34. The lowest BCUT2D eigenvalue weighted by Crippen LogP contribution is -2.02. The zero-order chi connectivity index (χ0) is 16.8. The number of hydrogen-bond donors (Lipinski definition) is 0. The molecule has 0 aliphatic heterocycles. The summed E-state index contributed by atoms with van der Waals surface area (Å²) < 4.78 is 118. The number of nitrogens with zero attached hydrogens (tertiary/aromatic N) is 1. The second-order valence-corrected chi connectivity index (χ2v) is 3.85. The van der Waals surface area contributed by atoms with Gasteiger partial charge >= 0.3 is 0 Å². The molecule has 0 aromatic heterocycles. The van der Waals surface area contributed by atoms with Crippen LogP contribution in [0.4, 0.5) is 50.9 Å². The van der Waals surface area contributed by atoms with Crippen LogP contribution in [0.5, 0.6) is 0 Å². The Kier molecular flexibility index (Phi) is 3.94. The molecule has 0 aliphatic carbocycles. The van der Waals surface area contributed by atoms with Crippen molar-refractivity contribution >= 4 is 11.4 Å². The topological polar surface area (TPSA) is 14.1 Å². The smallest absolute Gasteiger partial charge is 0.200 e. The molecule has 0 amide bonds. The van der Waals surface area contributed by atoms with Crippen molar-refractivity contribution in [1.82, 2.24) is 0 Å². The van der Waals surface area contributed by atoms with Gasteiger partial charge in [-0.3, -0.25) is 0 Å². The minimum absolute atomic E-state index is 0.220. The highest BCUT2D eigenvalue weighted by Crippen LogP contribution is 2.41. The first kappa shape index (κ1) is 16.0.